The first-order valence-corrected chi connectivity index (χ1v) is 40.3. The Kier molecular flexibility index (Phi) is 61.5. The molecule has 0 saturated carbocycles. The molecule has 0 bridgehead atoms. The number of carbonyl (C=O) groups excluding carboxylic acids is 4. The normalized spacial score (nSPS) is 14.2. The molecule has 0 spiro atoms. The van der Waals surface area contributed by atoms with Gasteiger partial charge in [0.15, 0.2) is 12.2 Å². The van der Waals surface area contributed by atoms with E-state index in [1.807, 2.05) is 0 Å². The van der Waals surface area contributed by atoms with E-state index in [-0.39, 0.29) is 25.7 Å². The summed E-state index contributed by atoms with van der Waals surface area (Å²) in [5.41, 5.74) is 0. The number of aliphatic hydroxyl groups is 1. The highest BCUT2D eigenvalue weighted by Crippen LogP contribution is 2.45. The lowest BCUT2D eigenvalue weighted by molar-refractivity contribution is -0.161. The van der Waals surface area contributed by atoms with E-state index in [4.69, 9.17) is 37.0 Å². The van der Waals surface area contributed by atoms with Crippen LogP contribution in [0.2, 0.25) is 0 Å². The highest BCUT2D eigenvalue weighted by Gasteiger charge is 2.30. The summed E-state index contributed by atoms with van der Waals surface area (Å²) in [6, 6.07) is 0. The van der Waals surface area contributed by atoms with Gasteiger partial charge in [0, 0.05) is 25.7 Å². The molecule has 2 unspecified atom stereocenters. The van der Waals surface area contributed by atoms with Gasteiger partial charge in [-0.3, -0.25) is 37.3 Å². The van der Waals surface area contributed by atoms with E-state index in [1.165, 1.54) is 161 Å². The molecule has 0 aliphatic heterocycles. The first-order valence-electron chi connectivity index (χ1n) is 37.3. The zero-order chi connectivity index (χ0) is 67.3. The minimum atomic E-state index is -4.95. The second-order valence-corrected chi connectivity index (χ2v) is 30.3. The van der Waals surface area contributed by atoms with Crippen LogP contribution in [0.5, 0.6) is 0 Å². The van der Waals surface area contributed by atoms with Crippen molar-refractivity contribution in [2.24, 2.45) is 17.8 Å². The number of ether oxygens (including phenoxy) is 4. The highest BCUT2D eigenvalue weighted by atomic mass is 31.2. The van der Waals surface area contributed by atoms with Crippen LogP contribution >= 0.6 is 15.6 Å². The van der Waals surface area contributed by atoms with Gasteiger partial charge in [-0.1, -0.05) is 312 Å². The van der Waals surface area contributed by atoms with E-state index in [2.05, 4.69) is 48.5 Å². The molecule has 5 atom stereocenters. The van der Waals surface area contributed by atoms with Gasteiger partial charge in [0.05, 0.1) is 26.4 Å². The molecule has 3 N–H and O–H groups in total. The molecule has 0 amide bonds. The Hall–Kier alpha value is -1.94. The SMILES string of the molecule is CCCCCCCCCC(=O)OC[C@H](COP(=O)(O)OC[C@H](O)COP(=O)(O)OC[C@@H](COC(=O)CCCCCCCCCCCCCCCC(C)C)OC(=O)CCCCCCCCCCCCCCCCCC(C)C)OC(=O)CCCCCCCCCC(C)C. The van der Waals surface area contributed by atoms with Crippen LogP contribution in [0.1, 0.15) is 363 Å². The fraction of sp³-hybridized carbons (Fsp3) is 0.944. The Morgan fingerprint density at radius 3 is 0.747 bits per heavy atom. The van der Waals surface area contributed by atoms with Crippen LogP contribution in [-0.4, -0.2) is 96.7 Å². The van der Waals surface area contributed by atoms with Gasteiger partial charge < -0.3 is 33.8 Å². The number of phosphoric acid groups is 2. The summed E-state index contributed by atoms with van der Waals surface area (Å²) in [6.45, 7) is 11.8. The van der Waals surface area contributed by atoms with Crippen molar-refractivity contribution in [3.8, 4) is 0 Å². The lowest BCUT2D eigenvalue weighted by Crippen LogP contribution is -2.30. The largest absolute Gasteiger partial charge is 0.472 e. The standard InChI is InChI=1S/C72H140O17P2/c1-8-9-10-11-29-39-46-53-69(74)82-59-67(89-72(77)56-49-42-35-28-32-38-45-52-65(6)7)61-86-90(78,79)84-57-66(73)58-85-91(80,81)87-62-68(60-83-70(75)54-47-40-33-26-22-19-15-17-21-25-31-37-44-51-64(4)5)88-71(76)55-48-41-34-27-23-18-14-12-13-16-20-24-30-36-43-50-63(2)3/h63-68,73H,8-62H2,1-7H3,(H,78,79)(H,80,81)/t66-,67+,68+/m0/s1. The number of carbonyl (C=O) groups is 4. The van der Waals surface area contributed by atoms with Crippen molar-refractivity contribution in [1.82, 2.24) is 0 Å². The lowest BCUT2D eigenvalue weighted by atomic mass is 10.0. The molecule has 0 saturated heterocycles. The minimum absolute atomic E-state index is 0.103. The van der Waals surface area contributed by atoms with Crippen molar-refractivity contribution in [2.45, 2.75) is 381 Å². The van der Waals surface area contributed by atoms with Crippen LogP contribution in [0, 0.1) is 17.8 Å². The molecule has 0 aromatic rings. The number of aliphatic hydroxyl groups excluding tert-OH is 1. The monoisotopic (exact) mass is 1340 g/mol. The molecular weight excluding hydrogens is 1200 g/mol. The molecule has 0 aromatic heterocycles. The second-order valence-electron chi connectivity index (χ2n) is 27.4. The van der Waals surface area contributed by atoms with Crippen molar-refractivity contribution in [1.29, 1.82) is 0 Å². The maximum Gasteiger partial charge on any atom is 0.472 e. The number of unbranched alkanes of at least 4 members (excludes halogenated alkanes) is 38. The van der Waals surface area contributed by atoms with Crippen LogP contribution in [0.3, 0.4) is 0 Å². The predicted molar refractivity (Wildman–Crippen MR) is 368 cm³/mol. The summed E-state index contributed by atoms with van der Waals surface area (Å²) in [6.07, 6.45) is 47.5. The summed E-state index contributed by atoms with van der Waals surface area (Å²) in [4.78, 5) is 72.5. The van der Waals surface area contributed by atoms with Gasteiger partial charge in [-0.2, -0.15) is 0 Å². The van der Waals surface area contributed by atoms with Crippen molar-refractivity contribution >= 4 is 39.5 Å². The van der Waals surface area contributed by atoms with Crippen LogP contribution in [0.15, 0.2) is 0 Å². The van der Waals surface area contributed by atoms with Gasteiger partial charge in [0.2, 0.25) is 0 Å². The summed E-state index contributed by atoms with van der Waals surface area (Å²) >= 11 is 0. The van der Waals surface area contributed by atoms with E-state index < -0.39 is 97.5 Å². The molecule has 0 radical (unpaired) electrons. The molecule has 17 nitrogen and oxygen atoms in total. The summed E-state index contributed by atoms with van der Waals surface area (Å²) in [5, 5.41) is 10.6. The lowest BCUT2D eigenvalue weighted by Gasteiger charge is -2.21. The zero-order valence-corrected chi connectivity index (χ0v) is 61.1. The zero-order valence-electron chi connectivity index (χ0n) is 59.3. The van der Waals surface area contributed by atoms with Gasteiger partial charge in [-0.05, 0) is 43.4 Å². The average molecular weight is 1340 g/mol. The molecular formula is C72H140O17P2. The molecule has 0 aliphatic carbocycles. The number of hydrogen-bond donors (Lipinski definition) is 3. The Balaban J connectivity index is 5.19. The van der Waals surface area contributed by atoms with E-state index in [9.17, 15) is 43.2 Å². The smallest absolute Gasteiger partial charge is 0.462 e. The Labute approximate surface area is 556 Å². The quantitative estimate of drug-likeness (QED) is 0.0222. The van der Waals surface area contributed by atoms with E-state index in [0.717, 1.165) is 115 Å². The molecule has 0 fully saturated rings. The maximum atomic E-state index is 13.0. The fourth-order valence-electron chi connectivity index (χ4n) is 10.9. The second kappa shape index (κ2) is 62.8. The fourth-order valence-corrected chi connectivity index (χ4v) is 12.5. The highest BCUT2D eigenvalue weighted by molar-refractivity contribution is 7.47. The summed E-state index contributed by atoms with van der Waals surface area (Å²) in [7, 11) is -9.90. The third-order valence-electron chi connectivity index (χ3n) is 16.6. The minimum Gasteiger partial charge on any atom is -0.462 e. The molecule has 0 heterocycles. The Bertz CT molecular complexity index is 1780. The average Bonchev–Trinajstić information content (AvgIpc) is 3.67. The van der Waals surface area contributed by atoms with E-state index in [1.54, 1.807) is 0 Å². The molecule has 19 heteroatoms. The van der Waals surface area contributed by atoms with Crippen molar-refractivity contribution in [3.63, 3.8) is 0 Å². The van der Waals surface area contributed by atoms with Crippen LogP contribution in [0.25, 0.3) is 0 Å². The first-order chi connectivity index (χ1) is 43.7. The topological polar surface area (TPSA) is 237 Å². The van der Waals surface area contributed by atoms with Gasteiger partial charge in [-0.25, -0.2) is 9.13 Å². The molecule has 0 rings (SSSR count). The van der Waals surface area contributed by atoms with E-state index in [0.29, 0.717) is 31.6 Å². The van der Waals surface area contributed by atoms with Crippen molar-refractivity contribution < 1.29 is 80.2 Å². The van der Waals surface area contributed by atoms with Gasteiger partial charge in [-0.15, -0.1) is 0 Å². The predicted octanol–water partition coefficient (Wildman–Crippen LogP) is 20.6. The van der Waals surface area contributed by atoms with Crippen LogP contribution in [-0.2, 0) is 65.4 Å². The molecule has 540 valence electrons. The third kappa shape index (κ3) is 66.5. The number of esters is 4. The van der Waals surface area contributed by atoms with Crippen LogP contribution in [0.4, 0.5) is 0 Å². The van der Waals surface area contributed by atoms with Crippen LogP contribution < -0.4 is 0 Å². The van der Waals surface area contributed by atoms with Crippen molar-refractivity contribution in [3.05, 3.63) is 0 Å². The number of rotatable bonds is 70. The van der Waals surface area contributed by atoms with Gasteiger partial charge >= 0.3 is 39.5 Å². The first kappa shape index (κ1) is 89.1. The molecule has 0 aromatic carbocycles. The summed E-state index contributed by atoms with van der Waals surface area (Å²) < 4.78 is 68.2. The van der Waals surface area contributed by atoms with Crippen molar-refractivity contribution in [2.75, 3.05) is 39.6 Å². The molecule has 91 heavy (non-hydrogen) atoms. The van der Waals surface area contributed by atoms with E-state index >= 15 is 0 Å². The number of hydrogen-bond acceptors (Lipinski definition) is 15. The summed E-state index contributed by atoms with van der Waals surface area (Å²) in [5.74, 6) is 0.160. The number of phosphoric ester groups is 2. The Morgan fingerprint density at radius 2 is 0.505 bits per heavy atom. The maximum absolute atomic E-state index is 13.0. The Morgan fingerprint density at radius 1 is 0.297 bits per heavy atom. The third-order valence-corrected chi connectivity index (χ3v) is 18.5. The van der Waals surface area contributed by atoms with Gasteiger partial charge in [0.1, 0.15) is 19.3 Å². The molecule has 0 aliphatic rings. The van der Waals surface area contributed by atoms with Gasteiger partial charge in [0.25, 0.3) is 0 Å².